The lowest BCUT2D eigenvalue weighted by molar-refractivity contribution is -0.321. The number of benzene rings is 1. The lowest BCUT2D eigenvalue weighted by Gasteiger charge is -2.69. The number of carbonyl (C=O) groups is 2. The molecule has 45 heavy (non-hydrogen) atoms. The van der Waals surface area contributed by atoms with Gasteiger partial charge in [-0.1, -0.05) is 25.1 Å². The van der Waals surface area contributed by atoms with Gasteiger partial charge in [-0.2, -0.15) is 0 Å². The standard InChI is InChI=1S/C33H45NO11/c1-6-34-14-30(15-41-3)19(36)12-20(37)32-18-13-31(40)27(44-29(39)17-10-8-7-9-11-17)21(18)33(45-16(2)35,26(38)28(31)43-5)22(25(32)34)23(42-4)24(30)32/h7-11,18-28,36-38,40H,6,12-15H2,1-5H3. The average molecular weight is 632 g/mol. The molecule has 1 aromatic rings. The summed E-state index contributed by atoms with van der Waals surface area (Å²) in [6, 6.07) is 7.95. The first kappa shape index (κ1) is 31.4. The van der Waals surface area contributed by atoms with E-state index in [0.29, 0.717) is 13.1 Å². The van der Waals surface area contributed by atoms with Gasteiger partial charge in [0.25, 0.3) is 0 Å². The third-order valence-corrected chi connectivity index (χ3v) is 12.9. The summed E-state index contributed by atoms with van der Waals surface area (Å²) in [7, 11) is 4.51. The molecule has 5 aliphatic carbocycles. The minimum Gasteiger partial charge on any atom is -0.455 e. The van der Waals surface area contributed by atoms with Crippen molar-refractivity contribution in [3.63, 3.8) is 0 Å². The molecule has 1 heterocycles. The summed E-state index contributed by atoms with van der Waals surface area (Å²) in [6.07, 6.45) is -6.72. The summed E-state index contributed by atoms with van der Waals surface area (Å²) in [4.78, 5) is 29.0. The van der Waals surface area contributed by atoms with Crippen LogP contribution in [0.4, 0.5) is 0 Å². The number of aliphatic hydroxyl groups is 4. The van der Waals surface area contributed by atoms with Gasteiger partial charge in [0.2, 0.25) is 0 Å². The van der Waals surface area contributed by atoms with Crippen molar-refractivity contribution in [2.75, 3.05) is 41.0 Å². The van der Waals surface area contributed by atoms with E-state index in [1.165, 1.54) is 14.0 Å². The van der Waals surface area contributed by atoms with Crippen LogP contribution in [0.3, 0.4) is 0 Å². The maximum Gasteiger partial charge on any atom is 0.338 e. The van der Waals surface area contributed by atoms with Crippen LogP contribution >= 0.6 is 0 Å². The van der Waals surface area contributed by atoms with Gasteiger partial charge in [-0.05, 0) is 31.0 Å². The van der Waals surface area contributed by atoms with Crippen LogP contribution in [0.15, 0.2) is 30.3 Å². The first-order valence-electron chi connectivity index (χ1n) is 16.0. The third-order valence-electron chi connectivity index (χ3n) is 12.9. The second kappa shape index (κ2) is 10.4. The summed E-state index contributed by atoms with van der Waals surface area (Å²) in [6.45, 7) is 4.42. The molecule has 0 radical (unpaired) electrons. The molecule has 248 valence electrons. The van der Waals surface area contributed by atoms with Crippen molar-refractivity contribution in [2.24, 2.45) is 34.5 Å². The molecule has 12 nitrogen and oxygen atoms in total. The van der Waals surface area contributed by atoms with Gasteiger partial charge in [0.15, 0.2) is 5.60 Å². The Balaban J connectivity index is 1.52. The molecule has 1 spiro atoms. The zero-order valence-corrected chi connectivity index (χ0v) is 26.4. The summed E-state index contributed by atoms with van der Waals surface area (Å²) < 4.78 is 30.7. The van der Waals surface area contributed by atoms with Crippen LogP contribution in [0.2, 0.25) is 0 Å². The number of ether oxygens (including phenoxy) is 5. The maximum atomic E-state index is 13.7. The highest BCUT2D eigenvalue weighted by Crippen LogP contribution is 2.80. The highest BCUT2D eigenvalue weighted by molar-refractivity contribution is 5.89. The zero-order valence-electron chi connectivity index (χ0n) is 26.4. The molecule has 5 saturated carbocycles. The first-order valence-corrected chi connectivity index (χ1v) is 16.0. The highest BCUT2D eigenvalue weighted by Gasteiger charge is 2.92. The van der Waals surface area contributed by atoms with Crippen molar-refractivity contribution >= 4 is 11.9 Å². The van der Waals surface area contributed by atoms with Crippen molar-refractivity contribution in [3.8, 4) is 0 Å². The molecule has 6 aliphatic rings. The number of methoxy groups -OCH3 is 3. The summed E-state index contributed by atoms with van der Waals surface area (Å²) in [5.41, 5.74) is -5.23. The van der Waals surface area contributed by atoms with Crippen LogP contribution in [0.1, 0.15) is 37.0 Å². The number of rotatable bonds is 8. The van der Waals surface area contributed by atoms with Crippen LogP contribution in [0.5, 0.6) is 0 Å². The van der Waals surface area contributed by atoms with Gasteiger partial charge in [-0.3, -0.25) is 9.69 Å². The molecule has 0 amide bonds. The van der Waals surface area contributed by atoms with E-state index in [1.54, 1.807) is 44.6 Å². The Morgan fingerprint density at radius 1 is 1.00 bits per heavy atom. The third kappa shape index (κ3) is 3.55. The second-order valence-electron chi connectivity index (χ2n) is 14.2. The summed E-state index contributed by atoms with van der Waals surface area (Å²) in [5.74, 6) is -4.14. The molecule has 1 aromatic carbocycles. The minimum atomic E-state index is -1.88. The van der Waals surface area contributed by atoms with E-state index in [-0.39, 0.29) is 25.0 Å². The van der Waals surface area contributed by atoms with Crippen LogP contribution in [-0.4, -0.2) is 132 Å². The smallest absolute Gasteiger partial charge is 0.338 e. The molecular weight excluding hydrogens is 586 g/mol. The molecule has 6 fully saturated rings. The van der Waals surface area contributed by atoms with E-state index >= 15 is 0 Å². The number of fused-ring (bicyclic) bond motifs is 2. The summed E-state index contributed by atoms with van der Waals surface area (Å²) in [5, 5.41) is 49.2. The number of piperidine rings is 1. The second-order valence-corrected chi connectivity index (χ2v) is 14.2. The van der Waals surface area contributed by atoms with Gasteiger partial charge in [-0.25, -0.2) is 4.79 Å². The maximum absolute atomic E-state index is 13.7. The lowest BCUT2D eigenvalue weighted by atomic mass is 9.42. The Morgan fingerprint density at radius 2 is 1.71 bits per heavy atom. The monoisotopic (exact) mass is 631 g/mol. The van der Waals surface area contributed by atoms with Gasteiger partial charge in [0.05, 0.1) is 30.5 Å². The number of esters is 2. The SMILES string of the molecule is CCN1CC2(COC)C(O)CC(O)C34C5CC6(O)C(OC)C(O)C(OC(C)=O)(C5C6OC(=O)c5ccccc5)C(C(OC)C23)C14. The van der Waals surface area contributed by atoms with E-state index < -0.39 is 100 Å². The Morgan fingerprint density at radius 3 is 2.31 bits per heavy atom. The molecule has 0 aromatic heterocycles. The van der Waals surface area contributed by atoms with Crippen molar-refractivity contribution in [1.29, 1.82) is 0 Å². The van der Waals surface area contributed by atoms with E-state index in [9.17, 15) is 30.0 Å². The van der Waals surface area contributed by atoms with Gasteiger partial charge in [0.1, 0.15) is 23.9 Å². The van der Waals surface area contributed by atoms with Crippen molar-refractivity contribution < 1.29 is 53.7 Å². The van der Waals surface area contributed by atoms with Gasteiger partial charge in [-0.15, -0.1) is 0 Å². The average Bonchev–Trinajstić information content (AvgIpc) is 3.39. The Kier molecular flexibility index (Phi) is 7.28. The quantitative estimate of drug-likeness (QED) is 0.284. The fourth-order valence-electron chi connectivity index (χ4n) is 12.0. The van der Waals surface area contributed by atoms with Gasteiger partial charge in [0, 0.05) is 75.8 Å². The number of hydrogen-bond donors (Lipinski definition) is 4. The van der Waals surface area contributed by atoms with Crippen LogP contribution in [0.25, 0.3) is 0 Å². The Bertz CT molecular complexity index is 1350. The van der Waals surface area contributed by atoms with E-state index in [2.05, 4.69) is 4.90 Å². The predicted molar refractivity (Wildman–Crippen MR) is 156 cm³/mol. The van der Waals surface area contributed by atoms with Crippen molar-refractivity contribution in [1.82, 2.24) is 4.90 Å². The molecule has 7 rings (SSSR count). The predicted octanol–water partition coefficient (Wildman–Crippen LogP) is -0.00600. The fourth-order valence-corrected chi connectivity index (χ4v) is 12.0. The highest BCUT2D eigenvalue weighted by atomic mass is 16.6. The molecule has 7 bridgehead atoms. The lowest BCUT2D eigenvalue weighted by Crippen LogP contribution is -2.81. The Hall–Kier alpha value is -2.16. The fraction of sp³-hybridized carbons (Fsp3) is 0.758. The number of hydrogen-bond acceptors (Lipinski definition) is 12. The minimum absolute atomic E-state index is 0.00703. The molecule has 1 saturated heterocycles. The van der Waals surface area contributed by atoms with Gasteiger partial charge < -0.3 is 44.1 Å². The number of nitrogens with zero attached hydrogens (tertiary/aromatic N) is 1. The van der Waals surface area contributed by atoms with E-state index in [0.717, 1.165) is 0 Å². The Labute approximate surface area is 262 Å². The topological polar surface area (TPSA) is 164 Å². The normalized spacial score (nSPS) is 50.7. The zero-order chi connectivity index (χ0) is 32.3. The number of likely N-dealkylation sites (tertiary alicyclic amines) is 1. The van der Waals surface area contributed by atoms with E-state index in [4.69, 9.17) is 23.7 Å². The molecule has 15 atom stereocenters. The van der Waals surface area contributed by atoms with Crippen molar-refractivity contribution in [3.05, 3.63) is 35.9 Å². The molecule has 15 unspecified atom stereocenters. The number of aliphatic hydroxyl groups excluding tert-OH is 3. The van der Waals surface area contributed by atoms with Crippen LogP contribution in [-0.2, 0) is 28.5 Å². The van der Waals surface area contributed by atoms with Crippen LogP contribution < -0.4 is 0 Å². The molecule has 1 aliphatic heterocycles. The molecular formula is C33H45NO11. The van der Waals surface area contributed by atoms with Crippen LogP contribution in [0, 0.1) is 34.5 Å². The van der Waals surface area contributed by atoms with Crippen molar-refractivity contribution in [2.45, 2.75) is 80.6 Å². The summed E-state index contributed by atoms with van der Waals surface area (Å²) >= 11 is 0. The first-order chi connectivity index (χ1) is 21.4. The molecule has 12 heteroatoms. The molecule has 4 N–H and O–H groups in total. The van der Waals surface area contributed by atoms with E-state index in [1.807, 2.05) is 6.92 Å². The number of carbonyl (C=O) groups excluding carboxylic acids is 2. The van der Waals surface area contributed by atoms with Gasteiger partial charge >= 0.3 is 11.9 Å². The largest absolute Gasteiger partial charge is 0.455 e.